The molecule has 0 aliphatic heterocycles. The lowest BCUT2D eigenvalue weighted by Crippen LogP contribution is -2.54. The molecule has 4 atom stereocenters. The molecule has 0 amide bonds. The van der Waals surface area contributed by atoms with E-state index in [1.165, 1.54) is 12.8 Å². The second-order valence-electron chi connectivity index (χ2n) is 8.62. The molecule has 0 bridgehead atoms. The number of rotatable bonds is 3. The van der Waals surface area contributed by atoms with Crippen molar-refractivity contribution in [3.8, 4) is 0 Å². The third-order valence-corrected chi connectivity index (χ3v) is 6.74. The Morgan fingerprint density at radius 2 is 1.88 bits per heavy atom. The van der Waals surface area contributed by atoms with Crippen LogP contribution < -0.4 is 0 Å². The molecule has 3 rings (SSSR count). The van der Waals surface area contributed by atoms with Gasteiger partial charge in [0.2, 0.25) is 0 Å². The van der Waals surface area contributed by atoms with Crippen LogP contribution in [0, 0.1) is 22.7 Å². The van der Waals surface area contributed by atoms with Gasteiger partial charge in [-0.1, -0.05) is 45.4 Å². The summed E-state index contributed by atoms with van der Waals surface area (Å²) in [7, 11) is 0. The predicted molar refractivity (Wildman–Crippen MR) is 94.7 cm³/mol. The van der Waals surface area contributed by atoms with Gasteiger partial charge >= 0.3 is 5.97 Å². The van der Waals surface area contributed by atoms with E-state index in [2.05, 4.69) is 20.8 Å². The Morgan fingerprint density at radius 3 is 2.58 bits per heavy atom. The van der Waals surface area contributed by atoms with Gasteiger partial charge < -0.3 is 9.84 Å². The number of carbonyl (C=O) groups is 1. The van der Waals surface area contributed by atoms with Gasteiger partial charge in [0, 0.05) is 5.92 Å². The summed E-state index contributed by atoms with van der Waals surface area (Å²) in [6.45, 7) is 7.35. The zero-order valence-corrected chi connectivity index (χ0v) is 15.1. The Morgan fingerprint density at radius 1 is 1.17 bits per heavy atom. The number of hydrogen-bond donors (Lipinski definition) is 1. The van der Waals surface area contributed by atoms with E-state index in [0.717, 1.165) is 19.3 Å². The molecule has 3 heteroatoms. The van der Waals surface area contributed by atoms with Crippen LogP contribution in [0.25, 0.3) is 0 Å². The minimum absolute atomic E-state index is 0.0310. The highest BCUT2D eigenvalue weighted by atomic mass is 16.5. The first-order chi connectivity index (χ1) is 11.3. The first kappa shape index (κ1) is 17.5. The maximum Gasteiger partial charge on any atom is 0.338 e. The molecule has 0 radical (unpaired) electrons. The Labute approximate surface area is 145 Å². The zero-order valence-electron chi connectivity index (χ0n) is 15.1. The maximum absolute atomic E-state index is 12.3. The van der Waals surface area contributed by atoms with Gasteiger partial charge in [-0.3, -0.25) is 0 Å². The molecule has 1 aromatic rings. The summed E-state index contributed by atoms with van der Waals surface area (Å²) in [5.41, 5.74) is 0.930. The average Bonchev–Trinajstić information content (AvgIpc) is 2.54. The topological polar surface area (TPSA) is 46.5 Å². The van der Waals surface area contributed by atoms with Gasteiger partial charge in [-0.25, -0.2) is 4.79 Å². The summed E-state index contributed by atoms with van der Waals surface area (Å²) in [6.07, 6.45) is 5.08. The number of ether oxygens (including phenoxy) is 1. The summed E-state index contributed by atoms with van der Waals surface area (Å²) < 4.78 is 5.62. The SMILES string of the molecule is CC1(C)CCC[C@]2(C)C1CC[C@@H](O)[C@H]2COC(=O)c1ccccc1. The molecule has 1 unspecified atom stereocenters. The van der Waals surface area contributed by atoms with Gasteiger partial charge in [0.1, 0.15) is 0 Å². The van der Waals surface area contributed by atoms with Gasteiger partial charge in [0.15, 0.2) is 0 Å². The third kappa shape index (κ3) is 3.11. The lowest BCUT2D eigenvalue weighted by Gasteiger charge is -2.58. The summed E-state index contributed by atoms with van der Waals surface area (Å²) in [4.78, 5) is 12.3. The van der Waals surface area contributed by atoms with E-state index in [-0.39, 0.29) is 23.4 Å². The second-order valence-corrected chi connectivity index (χ2v) is 8.62. The van der Waals surface area contributed by atoms with Crippen LogP contribution in [0.4, 0.5) is 0 Å². The Hall–Kier alpha value is -1.35. The molecule has 2 aliphatic rings. The highest BCUT2D eigenvalue weighted by Gasteiger charge is 2.54. The largest absolute Gasteiger partial charge is 0.462 e. The number of hydrogen-bond acceptors (Lipinski definition) is 3. The van der Waals surface area contributed by atoms with Crippen LogP contribution in [-0.2, 0) is 4.74 Å². The van der Waals surface area contributed by atoms with Crippen molar-refractivity contribution >= 4 is 5.97 Å². The molecule has 1 aromatic carbocycles. The quantitative estimate of drug-likeness (QED) is 0.833. The molecule has 0 spiro atoms. The average molecular weight is 330 g/mol. The zero-order chi connectivity index (χ0) is 17.4. The summed E-state index contributed by atoms with van der Waals surface area (Å²) in [5, 5.41) is 10.6. The van der Waals surface area contributed by atoms with E-state index in [1.807, 2.05) is 18.2 Å². The standard InChI is InChI=1S/C21H30O3/c1-20(2)12-7-13-21(3)16(17(22)10-11-18(20)21)14-24-19(23)15-8-5-4-6-9-15/h4-6,8-9,16-18,22H,7,10-14H2,1-3H3/t16-,17-,18?,21+/m1/s1. The Kier molecular flexibility index (Phi) is 4.74. The molecule has 2 fully saturated rings. The fraction of sp³-hybridized carbons (Fsp3) is 0.667. The van der Waals surface area contributed by atoms with E-state index < -0.39 is 0 Å². The van der Waals surface area contributed by atoms with E-state index in [4.69, 9.17) is 4.74 Å². The smallest absolute Gasteiger partial charge is 0.338 e. The highest BCUT2D eigenvalue weighted by molar-refractivity contribution is 5.89. The van der Waals surface area contributed by atoms with Crippen LogP contribution in [0.1, 0.15) is 63.2 Å². The maximum atomic E-state index is 12.3. The first-order valence-electron chi connectivity index (χ1n) is 9.25. The number of esters is 1. The molecule has 2 aliphatic carbocycles. The molecule has 0 heterocycles. The normalized spacial score (nSPS) is 35.1. The fourth-order valence-electron chi connectivity index (χ4n) is 5.43. The van der Waals surface area contributed by atoms with Gasteiger partial charge in [-0.05, 0) is 54.6 Å². The van der Waals surface area contributed by atoms with E-state index in [1.54, 1.807) is 12.1 Å². The lowest BCUT2D eigenvalue weighted by atomic mass is 9.48. The van der Waals surface area contributed by atoms with Crippen molar-refractivity contribution < 1.29 is 14.6 Å². The van der Waals surface area contributed by atoms with Crippen LogP contribution in [-0.4, -0.2) is 23.8 Å². The first-order valence-corrected chi connectivity index (χ1v) is 9.25. The highest BCUT2D eigenvalue weighted by Crippen LogP contribution is 2.59. The molecule has 1 N–H and O–H groups in total. The van der Waals surface area contributed by atoms with Crippen molar-refractivity contribution in [1.29, 1.82) is 0 Å². The monoisotopic (exact) mass is 330 g/mol. The van der Waals surface area contributed by atoms with Crippen LogP contribution >= 0.6 is 0 Å². The van der Waals surface area contributed by atoms with E-state index in [9.17, 15) is 9.90 Å². The third-order valence-electron chi connectivity index (χ3n) is 6.74. The van der Waals surface area contributed by atoms with Crippen molar-refractivity contribution in [3.05, 3.63) is 35.9 Å². The Bertz CT molecular complexity index is 580. The molecule has 3 nitrogen and oxygen atoms in total. The molecule has 2 saturated carbocycles. The minimum atomic E-state index is -0.372. The van der Waals surface area contributed by atoms with Crippen molar-refractivity contribution in [3.63, 3.8) is 0 Å². The van der Waals surface area contributed by atoms with Crippen molar-refractivity contribution in [2.75, 3.05) is 6.61 Å². The number of aliphatic hydroxyl groups is 1. The molecule has 24 heavy (non-hydrogen) atoms. The summed E-state index contributed by atoms with van der Waals surface area (Å²) in [5.74, 6) is 0.328. The predicted octanol–water partition coefficient (Wildman–Crippen LogP) is 4.45. The molecule has 132 valence electrons. The van der Waals surface area contributed by atoms with Crippen LogP contribution in [0.3, 0.4) is 0 Å². The van der Waals surface area contributed by atoms with Crippen LogP contribution in [0.2, 0.25) is 0 Å². The molecular weight excluding hydrogens is 300 g/mol. The number of fused-ring (bicyclic) bond motifs is 1. The van der Waals surface area contributed by atoms with Gasteiger partial charge in [-0.2, -0.15) is 0 Å². The number of carbonyl (C=O) groups excluding carboxylic acids is 1. The lowest BCUT2D eigenvalue weighted by molar-refractivity contribution is -0.137. The molecule has 0 saturated heterocycles. The van der Waals surface area contributed by atoms with E-state index in [0.29, 0.717) is 23.5 Å². The molecule has 0 aromatic heterocycles. The van der Waals surface area contributed by atoms with Gasteiger partial charge in [-0.15, -0.1) is 0 Å². The van der Waals surface area contributed by atoms with Crippen LogP contribution in [0.5, 0.6) is 0 Å². The number of benzene rings is 1. The second kappa shape index (κ2) is 6.51. The van der Waals surface area contributed by atoms with Crippen molar-refractivity contribution in [2.24, 2.45) is 22.7 Å². The van der Waals surface area contributed by atoms with Gasteiger partial charge in [0.25, 0.3) is 0 Å². The summed E-state index contributed by atoms with van der Waals surface area (Å²) >= 11 is 0. The fourth-order valence-corrected chi connectivity index (χ4v) is 5.43. The Balaban J connectivity index is 1.74. The van der Waals surface area contributed by atoms with Crippen molar-refractivity contribution in [1.82, 2.24) is 0 Å². The number of aliphatic hydroxyl groups excluding tert-OH is 1. The summed E-state index contributed by atoms with van der Waals surface area (Å²) in [6, 6.07) is 9.11. The van der Waals surface area contributed by atoms with E-state index >= 15 is 0 Å². The van der Waals surface area contributed by atoms with Crippen LogP contribution in [0.15, 0.2) is 30.3 Å². The minimum Gasteiger partial charge on any atom is -0.462 e. The molecular formula is C21H30O3. The van der Waals surface area contributed by atoms with Crippen molar-refractivity contribution in [2.45, 2.75) is 59.0 Å². The van der Waals surface area contributed by atoms with Gasteiger partial charge in [0.05, 0.1) is 18.3 Å².